The molecule has 1 aliphatic rings. The second kappa shape index (κ2) is 4.40. The van der Waals surface area contributed by atoms with Gasteiger partial charge in [0.1, 0.15) is 0 Å². The van der Waals surface area contributed by atoms with E-state index in [2.05, 4.69) is 5.10 Å². The second-order valence-corrected chi connectivity index (χ2v) is 6.26. The van der Waals surface area contributed by atoms with Crippen LogP contribution in [0, 0.1) is 5.92 Å². The van der Waals surface area contributed by atoms with Gasteiger partial charge in [-0.05, 0) is 18.4 Å². The number of hydrogen-bond acceptors (Lipinski definition) is 4. The Kier molecular flexibility index (Phi) is 3.24. The summed E-state index contributed by atoms with van der Waals surface area (Å²) in [4.78, 5) is 0. The molecule has 2 unspecified atom stereocenters. The molecule has 0 bridgehead atoms. The van der Waals surface area contributed by atoms with Gasteiger partial charge in [-0.3, -0.25) is 4.68 Å². The molecular weight excluding hydrogens is 242 g/mol. The Morgan fingerprint density at radius 1 is 1.59 bits per heavy atom. The van der Waals surface area contributed by atoms with Crippen molar-refractivity contribution in [3.63, 3.8) is 0 Å². The first kappa shape index (κ1) is 12.5. The van der Waals surface area contributed by atoms with E-state index in [-0.39, 0.29) is 23.6 Å². The van der Waals surface area contributed by atoms with Crippen molar-refractivity contribution in [2.24, 2.45) is 13.0 Å². The van der Waals surface area contributed by atoms with Gasteiger partial charge in [-0.25, -0.2) is 8.42 Å². The maximum atomic E-state index is 12.4. The average molecular weight is 259 g/mol. The molecule has 0 aliphatic carbocycles. The lowest BCUT2D eigenvalue weighted by molar-refractivity contribution is 0.190. The van der Waals surface area contributed by atoms with Crippen LogP contribution in [0.15, 0.2) is 17.3 Å². The predicted molar refractivity (Wildman–Crippen MR) is 61.8 cm³/mol. The maximum Gasteiger partial charge on any atom is 0.260 e. The van der Waals surface area contributed by atoms with Crippen LogP contribution in [0.4, 0.5) is 0 Å². The first-order chi connectivity index (χ1) is 7.98. The average Bonchev–Trinajstić information content (AvgIpc) is 2.84. The highest BCUT2D eigenvalue weighted by molar-refractivity contribution is 7.89. The van der Waals surface area contributed by atoms with Gasteiger partial charge in [-0.1, -0.05) is 6.92 Å². The van der Waals surface area contributed by atoms with Gasteiger partial charge in [-0.2, -0.15) is 9.40 Å². The quantitative estimate of drug-likeness (QED) is 0.816. The monoisotopic (exact) mass is 259 g/mol. The van der Waals surface area contributed by atoms with Crippen LogP contribution in [0.3, 0.4) is 0 Å². The lowest BCUT2D eigenvalue weighted by Gasteiger charge is -2.24. The normalized spacial score (nSPS) is 26.5. The molecule has 2 heterocycles. The van der Waals surface area contributed by atoms with E-state index in [1.165, 1.54) is 21.3 Å². The summed E-state index contributed by atoms with van der Waals surface area (Å²) in [5.41, 5.74) is 0. The fourth-order valence-electron chi connectivity index (χ4n) is 2.28. The summed E-state index contributed by atoms with van der Waals surface area (Å²) in [6.07, 6.45) is 2.24. The molecule has 0 saturated carbocycles. The molecule has 7 heteroatoms. The van der Waals surface area contributed by atoms with Crippen molar-refractivity contribution < 1.29 is 13.5 Å². The van der Waals surface area contributed by atoms with E-state index in [1.807, 2.05) is 6.92 Å². The third kappa shape index (κ3) is 1.98. The molecule has 0 aromatic carbocycles. The third-order valence-electron chi connectivity index (χ3n) is 3.37. The predicted octanol–water partition coefficient (Wildman–Crippen LogP) is -0.189. The van der Waals surface area contributed by atoms with Gasteiger partial charge in [0.25, 0.3) is 10.0 Å². The summed E-state index contributed by atoms with van der Waals surface area (Å²) in [5, 5.41) is 13.4. The molecular formula is C10H17N3O3S. The third-order valence-corrected chi connectivity index (χ3v) is 5.37. The van der Waals surface area contributed by atoms with Crippen LogP contribution in [-0.4, -0.2) is 46.8 Å². The van der Waals surface area contributed by atoms with Crippen molar-refractivity contribution >= 4 is 10.0 Å². The van der Waals surface area contributed by atoms with E-state index >= 15 is 0 Å². The number of sulfonamides is 1. The highest BCUT2D eigenvalue weighted by Gasteiger charge is 2.40. The lowest BCUT2D eigenvalue weighted by Crippen LogP contribution is -2.40. The molecule has 1 aliphatic heterocycles. The van der Waals surface area contributed by atoms with Gasteiger partial charge in [-0.15, -0.1) is 0 Å². The van der Waals surface area contributed by atoms with Crippen molar-refractivity contribution in [3.05, 3.63) is 12.3 Å². The number of aromatic nitrogens is 2. The molecule has 1 N–H and O–H groups in total. The summed E-state index contributed by atoms with van der Waals surface area (Å²) >= 11 is 0. The van der Waals surface area contributed by atoms with Crippen molar-refractivity contribution in [2.75, 3.05) is 13.2 Å². The molecule has 1 fully saturated rings. The number of aliphatic hydroxyl groups is 1. The topological polar surface area (TPSA) is 75.4 Å². The number of aliphatic hydroxyl groups excluding tert-OH is 1. The zero-order valence-corrected chi connectivity index (χ0v) is 10.8. The van der Waals surface area contributed by atoms with Gasteiger partial charge < -0.3 is 5.11 Å². The van der Waals surface area contributed by atoms with Crippen molar-refractivity contribution in [1.82, 2.24) is 14.1 Å². The number of aryl methyl sites for hydroxylation is 1. The maximum absolute atomic E-state index is 12.4. The van der Waals surface area contributed by atoms with Crippen molar-refractivity contribution in [1.29, 1.82) is 0 Å². The number of rotatable bonds is 3. The molecule has 1 aromatic heterocycles. The minimum atomic E-state index is -3.55. The Morgan fingerprint density at radius 2 is 2.29 bits per heavy atom. The van der Waals surface area contributed by atoms with Crippen LogP contribution in [0.1, 0.15) is 13.3 Å². The van der Waals surface area contributed by atoms with Crippen LogP contribution in [0.2, 0.25) is 0 Å². The van der Waals surface area contributed by atoms with Gasteiger partial charge in [0, 0.05) is 13.6 Å². The molecule has 0 radical (unpaired) electrons. The molecule has 2 atom stereocenters. The fourth-order valence-corrected chi connectivity index (χ4v) is 4.11. The highest BCUT2D eigenvalue weighted by atomic mass is 32.2. The standard InChI is InChI=1S/C10H17N3O3S/c1-8-4-6-13(9(8)7-14)17(15,16)10-3-5-11-12(10)2/h3,5,8-9,14H,4,6-7H2,1-2H3. The largest absolute Gasteiger partial charge is 0.395 e. The SMILES string of the molecule is CC1CCN(S(=O)(=O)c2ccnn2C)C1CO. The van der Waals surface area contributed by atoms with Crippen LogP contribution < -0.4 is 0 Å². The second-order valence-electron chi connectivity index (χ2n) is 4.42. The van der Waals surface area contributed by atoms with E-state index in [0.717, 1.165) is 6.42 Å². The Labute approximate surface area is 101 Å². The van der Waals surface area contributed by atoms with E-state index in [0.29, 0.717) is 6.54 Å². The summed E-state index contributed by atoms with van der Waals surface area (Å²) in [5.74, 6) is 0.183. The number of nitrogens with zero attached hydrogens (tertiary/aromatic N) is 3. The van der Waals surface area contributed by atoms with Gasteiger partial charge in [0.2, 0.25) is 0 Å². The van der Waals surface area contributed by atoms with Crippen LogP contribution in [0.5, 0.6) is 0 Å². The van der Waals surface area contributed by atoms with Gasteiger partial charge >= 0.3 is 0 Å². The van der Waals surface area contributed by atoms with Crippen molar-refractivity contribution in [3.8, 4) is 0 Å². The lowest BCUT2D eigenvalue weighted by atomic mass is 10.0. The van der Waals surface area contributed by atoms with E-state index in [1.54, 1.807) is 7.05 Å². The van der Waals surface area contributed by atoms with Crippen LogP contribution >= 0.6 is 0 Å². The molecule has 6 nitrogen and oxygen atoms in total. The van der Waals surface area contributed by atoms with Crippen molar-refractivity contribution in [2.45, 2.75) is 24.4 Å². The zero-order chi connectivity index (χ0) is 12.6. The molecule has 2 rings (SSSR count). The molecule has 17 heavy (non-hydrogen) atoms. The van der Waals surface area contributed by atoms with E-state index < -0.39 is 10.0 Å². The van der Waals surface area contributed by atoms with Crippen LogP contribution in [-0.2, 0) is 17.1 Å². The molecule has 0 amide bonds. The van der Waals surface area contributed by atoms with Gasteiger partial charge in [0.05, 0.1) is 18.8 Å². The Bertz CT molecular complexity index is 497. The minimum absolute atomic E-state index is 0.141. The highest BCUT2D eigenvalue weighted by Crippen LogP contribution is 2.29. The Hall–Kier alpha value is -0.920. The smallest absolute Gasteiger partial charge is 0.260 e. The first-order valence-electron chi connectivity index (χ1n) is 5.59. The molecule has 1 saturated heterocycles. The summed E-state index contributed by atoms with van der Waals surface area (Å²) in [6, 6.07) is 1.15. The molecule has 96 valence electrons. The van der Waals surface area contributed by atoms with E-state index in [4.69, 9.17) is 0 Å². The number of hydrogen-bond donors (Lipinski definition) is 1. The first-order valence-corrected chi connectivity index (χ1v) is 7.03. The van der Waals surface area contributed by atoms with E-state index in [9.17, 15) is 13.5 Å². The Balaban J connectivity index is 2.37. The van der Waals surface area contributed by atoms with Crippen LogP contribution in [0.25, 0.3) is 0 Å². The minimum Gasteiger partial charge on any atom is -0.395 e. The molecule has 1 aromatic rings. The zero-order valence-electron chi connectivity index (χ0n) is 9.94. The fraction of sp³-hybridized carbons (Fsp3) is 0.700. The summed E-state index contributed by atoms with van der Waals surface area (Å²) < 4.78 is 27.5. The Morgan fingerprint density at radius 3 is 2.82 bits per heavy atom. The summed E-state index contributed by atoms with van der Waals surface area (Å²) in [7, 11) is -1.95. The summed E-state index contributed by atoms with van der Waals surface area (Å²) in [6.45, 7) is 2.28. The van der Waals surface area contributed by atoms with Gasteiger partial charge in [0.15, 0.2) is 5.03 Å². The molecule has 0 spiro atoms.